The average Bonchev–Trinajstić information content (AvgIpc) is 2.35. The van der Waals surface area contributed by atoms with Crippen molar-refractivity contribution in [3.63, 3.8) is 0 Å². The van der Waals surface area contributed by atoms with Gasteiger partial charge in [0.1, 0.15) is 5.60 Å². The summed E-state index contributed by atoms with van der Waals surface area (Å²) in [4.78, 5) is 14.1. The van der Waals surface area contributed by atoms with Crippen molar-refractivity contribution < 1.29 is 14.3 Å². The van der Waals surface area contributed by atoms with Gasteiger partial charge in [0.25, 0.3) is 0 Å². The summed E-state index contributed by atoms with van der Waals surface area (Å²) in [6.45, 7) is 8.03. The molecule has 1 saturated heterocycles. The Labute approximate surface area is 142 Å². The molecule has 0 aromatic heterocycles. The standard InChI is InChI=1S/C16H28INO3/c1-15(2,3)21-14(19)18-9-5-8-16(11-17,12-18)20-10-13-6-4-7-13/h13H,4-12H2,1-3H3. The highest BCUT2D eigenvalue weighted by molar-refractivity contribution is 14.1. The van der Waals surface area contributed by atoms with Crippen molar-refractivity contribution in [2.24, 2.45) is 5.92 Å². The summed E-state index contributed by atoms with van der Waals surface area (Å²) in [6.07, 6.45) is 5.77. The Kier molecular flexibility index (Phi) is 5.79. The topological polar surface area (TPSA) is 38.8 Å². The van der Waals surface area contributed by atoms with Crippen LogP contribution in [0.4, 0.5) is 4.79 Å². The fourth-order valence-electron chi connectivity index (χ4n) is 2.80. The lowest BCUT2D eigenvalue weighted by Gasteiger charge is -2.43. The zero-order chi connectivity index (χ0) is 15.5. The van der Waals surface area contributed by atoms with Crippen molar-refractivity contribution in [1.82, 2.24) is 4.90 Å². The van der Waals surface area contributed by atoms with E-state index in [1.54, 1.807) is 0 Å². The monoisotopic (exact) mass is 409 g/mol. The van der Waals surface area contributed by atoms with Gasteiger partial charge < -0.3 is 14.4 Å². The largest absolute Gasteiger partial charge is 0.444 e. The number of halogens is 1. The van der Waals surface area contributed by atoms with Crippen LogP contribution in [0.5, 0.6) is 0 Å². The zero-order valence-corrected chi connectivity index (χ0v) is 15.6. The third-order valence-corrected chi connectivity index (χ3v) is 5.67. The number of carbonyl (C=O) groups excluding carboxylic acids is 1. The van der Waals surface area contributed by atoms with Crippen LogP contribution < -0.4 is 0 Å². The molecule has 2 rings (SSSR count). The summed E-state index contributed by atoms with van der Waals surface area (Å²) in [5.74, 6) is 0.738. The minimum atomic E-state index is -0.436. The predicted octanol–water partition coefficient (Wildman–Crippen LogP) is 4.01. The third-order valence-electron chi connectivity index (χ3n) is 4.28. The van der Waals surface area contributed by atoms with Gasteiger partial charge in [-0.15, -0.1) is 0 Å². The number of likely N-dealkylation sites (tertiary alicyclic amines) is 1. The molecule has 0 aromatic carbocycles. The molecule has 2 aliphatic rings. The minimum Gasteiger partial charge on any atom is -0.444 e. The van der Waals surface area contributed by atoms with Crippen LogP contribution in [0.15, 0.2) is 0 Å². The number of piperidine rings is 1. The molecule has 1 aliphatic carbocycles. The maximum absolute atomic E-state index is 12.3. The summed E-state index contributed by atoms with van der Waals surface area (Å²) in [5, 5.41) is 0. The Balaban J connectivity index is 1.91. The van der Waals surface area contributed by atoms with Gasteiger partial charge in [0.2, 0.25) is 0 Å². The Morgan fingerprint density at radius 2 is 2.05 bits per heavy atom. The van der Waals surface area contributed by atoms with E-state index in [-0.39, 0.29) is 11.7 Å². The van der Waals surface area contributed by atoms with E-state index in [9.17, 15) is 4.79 Å². The van der Waals surface area contributed by atoms with Gasteiger partial charge in [0, 0.05) is 11.0 Å². The van der Waals surface area contributed by atoms with Crippen LogP contribution in [-0.2, 0) is 9.47 Å². The Morgan fingerprint density at radius 3 is 2.57 bits per heavy atom. The van der Waals surface area contributed by atoms with Crippen LogP contribution in [0.1, 0.15) is 52.9 Å². The highest BCUT2D eigenvalue weighted by atomic mass is 127. The zero-order valence-electron chi connectivity index (χ0n) is 13.5. The Morgan fingerprint density at radius 1 is 1.33 bits per heavy atom. The molecule has 1 amide bonds. The molecule has 0 radical (unpaired) electrons. The van der Waals surface area contributed by atoms with E-state index >= 15 is 0 Å². The van der Waals surface area contributed by atoms with Crippen molar-refractivity contribution in [3.8, 4) is 0 Å². The number of hydrogen-bond donors (Lipinski definition) is 0. The van der Waals surface area contributed by atoms with Crippen LogP contribution in [-0.4, -0.2) is 46.3 Å². The number of hydrogen-bond acceptors (Lipinski definition) is 3. The molecule has 122 valence electrons. The second-order valence-electron chi connectivity index (χ2n) is 7.43. The number of alkyl halides is 1. The Bertz CT molecular complexity index is 365. The molecular weight excluding hydrogens is 381 g/mol. The summed E-state index contributed by atoms with van der Waals surface area (Å²) in [7, 11) is 0. The second-order valence-corrected chi connectivity index (χ2v) is 8.19. The lowest BCUT2D eigenvalue weighted by molar-refractivity contribution is -0.0922. The first-order valence-corrected chi connectivity index (χ1v) is 9.54. The van der Waals surface area contributed by atoms with Crippen molar-refractivity contribution >= 4 is 28.7 Å². The molecule has 1 aliphatic heterocycles. The van der Waals surface area contributed by atoms with Crippen LogP contribution in [0.3, 0.4) is 0 Å². The molecule has 0 bridgehead atoms. The summed E-state index contributed by atoms with van der Waals surface area (Å²) >= 11 is 2.39. The number of amides is 1. The fourth-order valence-corrected chi connectivity index (χ4v) is 3.64. The van der Waals surface area contributed by atoms with Crippen molar-refractivity contribution in [2.75, 3.05) is 24.1 Å². The normalized spacial score (nSPS) is 27.3. The van der Waals surface area contributed by atoms with Gasteiger partial charge in [-0.1, -0.05) is 29.0 Å². The highest BCUT2D eigenvalue weighted by Gasteiger charge is 2.39. The van der Waals surface area contributed by atoms with Gasteiger partial charge in [0.15, 0.2) is 0 Å². The first-order chi connectivity index (χ1) is 9.84. The Hall–Kier alpha value is -0.0400. The minimum absolute atomic E-state index is 0.175. The van der Waals surface area contributed by atoms with Crippen LogP contribution >= 0.6 is 22.6 Å². The van der Waals surface area contributed by atoms with Gasteiger partial charge in [-0.3, -0.25) is 0 Å². The molecule has 0 spiro atoms. The van der Waals surface area contributed by atoms with E-state index in [2.05, 4.69) is 22.6 Å². The first kappa shape index (κ1) is 17.3. The average molecular weight is 409 g/mol. The maximum Gasteiger partial charge on any atom is 0.410 e. The van der Waals surface area contributed by atoms with Crippen LogP contribution in [0.2, 0.25) is 0 Å². The van der Waals surface area contributed by atoms with Crippen LogP contribution in [0.25, 0.3) is 0 Å². The quantitative estimate of drug-likeness (QED) is 0.520. The molecule has 2 fully saturated rings. The predicted molar refractivity (Wildman–Crippen MR) is 92.0 cm³/mol. The molecular formula is C16H28INO3. The van der Waals surface area contributed by atoms with Gasteiger partial charge in [-0.2, -0.15) is 0 Å². The summed E-state index contributed by atoms with van der Waals surface area (Å²) in [6, 6.07) is 0. The lowest BCUT2D eigenvalue weighted by Crippen LogP contribution is -2.54. The smallest absolute Gasteiger partial charge is 0.410 e. The van der Waals surface area contributed by atoms with E-state index in [1.165, 1.54) is 19.3 Å². The number of nitrogens with zero attached hydrogens (tertiary/aromatic N) is 1. The molecule has 1 atom stereocenters. The van der Waals surface area contributed by atoms with E-state index in [0.717, 1.165) is 36.3 Å². The number of rotatable bonds is 4. The molecule has 4 nitrogen and oxygen atoms in total. The molecule has 1 unspecified atom stereocenters. The molecule has 1 saturated carbocycles. The number of carbonyl (C=O) groups is 1. The molecule has 0 aromatic rings. The SMILES string of the molecule is CC(C)(C)OC(=O)N1CCCC(CI)(OCC2CCC2)C1. The van der Waals surface area contributed by atoms with Crippen molar-refractivity contribution in [3.05, 3.63) is 0 Å². The maximum atomic E-state index is 12.3. The number of ether oxygens (including phenoxy) is 2. The summed E-state index contributed by atoms with van der Waals surface area (Å²) < 4.78 is 12.7. The van der Waals surface area contributed by atoms with Gasteiger partial charge in [0.05, 0.1) is 18.8 Å². The van der Waals surface area contributed by atoms with E-state index in [4.69, 9.17) is 9.47 Å². The van der Waals surface area contributed by atoms with Crippen molar-refractivity contribution in [1.29, 1.82) is 0 Å². The third kappa shape index (κ3) is 4.98. The van der Waals surface area contributed by atoms with Crippen molar-refractivity contribution in [2.45, 2.75) is 64.1 Å². The fraction of sp³-hybridized carbons (Fsp3) is 0.938. The summed E-state index contributed by atoms with van der Waals surface area (Å²) in [5.41, 5.74) is -0.612. The molecule has 0 N–H and O–H groups in total. The highest BCUT2D eigenvalue weighted by Crippen LogP contribution is 2.32. The lowest BCUT2D eigenvalue weighted by atomic mass is 9.86. The van der Waals surface area contributed by atoms with Gasteiger partial charge in [-0.25, -0.2) is 4.79 Å². The molecule has 21 heavy (non-hydrogen) atoms. The molecule has 5 heteroatoms. The van der Waals surface area contributed by atoms with E-state index < -0.39 is 5.60 Å². The van der Waals surface area contributed by atoms with Gasteiger partial charge >= 0.3 is 6.09 Å². The first-order valence-electron chi connectivity index (χ1n) is 8.01. The second kappa shape index (κ2) is 7.02. The van der Waals surface area contributed by atoms with E-state index in [1.807, 2.05) is 25.7 Å². The van der Waals surface area contributed by atoms with Crippen LogP contribution in [0, 0.1) is 5.92 Å². The van der Waals surface area contributed by atoms with Gasteiger partial charge in [-0.05, 0) is 52.4 Å². The van der Waals surface area contributed by atoms with E-state index in [0.29, 0.717) is 6.54 Å². The molecule has 1 heterocycles.